The Bertz CT molecular complexity index is 540. The van der Waals surface area contributed by atoms with Crippen LogP contribution in [0.1, 0.15) is 18.9 Å². The molecule has 3 nitrogen and oxygen atoms in total. The minimum atomic E-state index is 0. The molecule has 1 saturated heterocycles. The van der Waals surface area contributed by atoms with E-state index in [0.29, 0.717) is 12.0 Å². The molecule has 2 aromatic rings. The monoisotopic (exact) mass is 280 g/mol. The number of halogens is 1. The minimum absolute atomic E-state index is 0. The Kier molecular flexibility index (Phi) is 4.50. The molecule has 0 aliphatic carbocycles. The van der Waals surface area contributed by atoms with Crippen molar-refractivity contribution in [2.75, 3.05) is 13.1 Å². The van der Waals surface area contributed by atoms with Crippen LogP contribution in [0.5, 0.6) is 0 Å². The van der Waals surface area contributed by atoms with E-state index in [2.05, 4.69) is 24.0 Å². The fraction of sp³-hybridized carbons (Fsp3) is 0.467. The zero-order chi connectivity index (χ0) is 12.5. The molecule has 1 aromatic heterocycles. The molecule has 1 fully saturated rings. The molecule has 2 atom stereocenters. The van der Waals surface area contributed by atoms with E-state index >= 15 is 0 Å². The van der Waals surface area contributed by atoms with E-state index in [0.717, 1.165) is 25.2 Å². The summed E-state index contributed by atoms with van der Waals surface area (Å²) in [6.45, 7) is 5.16. The average molecular weight is 281 g/mol. The second-order valence-electron chi connectivity index (χ2n) is 5.37. The van der Waals surface area contributed by atoms with Gasteiger partial charge in [-0.25, -0.2) is 0 Å². The maximum atomic E-state index is 5.78. The summed E-state index contributed by atoms with van der Waals surface area (Å²) in [5.41, 5.74) is 8.05. The maximum Gasteiger partial charge on any atom is 0.134 e. The van der Waals surface area contributed by atoms with Gasteiger partial charge in [0.2, 0.25) is 0 Å². The topological polar surface area (TPSA) is 42.4 Å². The molecule has 0 radical (unpaired) electrons. The Morgan fingerprint density at radius 1 is 1.37 bits per heavy atom. The number of rotatable bonds is 3. The summed E-state index contributed by atoms with van der Waals surface area (Å²) in [6.07, 6.45) is 3.11. The van der Waals surface area contributed by atoms with E-state index < -0.39 is 0 Å². The molecule has 0 spiro atoms. The van der Waals surface area contributed by atoms with Crippen LogP contribution in [0.3, 0.4) is 0 Å². The van der Waals surface area contributed by atoms with Crippen molar-refractivity contribution in [1.82, 2.24) is 4.90 Å². The van der Waals surface area contributed by atoms with Gasteiger partial charge in [0.25, 0.3) is 0 Å². The van der Waals surface area contributed by atoms with E-state index in [1.807, 2.05) is 18.4 Å². The summed E-state index contributed by atoms with van der Waals surface area (Å²) in [5, 5.41) is 1.24. The van der Waals surface area contributed by atoms with Gasteiger partial charge in [-0.05, 0) is 31.9 Å². The first kappa shape index (κ1) is 14.4. The zero-order valence-corrected chi connectivity index (χ0v) is 12.0. The van der Waals surface area contributed by atoms with E-state index in [1.54, 1.807) is 0 Å². The maximum absolute atomic E-state index is 5.78. The van der Waals surface area contributed by atoms with Crippen LogP contribution in [-0.2, 0) is 6.54 Å². The first-order valence-corrected chi connectivity index (χ1v) is 6.67. The summed E-state index contributed by atoms with van der Waals surface area (Å²) in [6, 6.07) is 8.85. The van der Waals surface area contributed by atoms with Gasteiger partial charge in [0.05, 0.1) is 6.26 Å². The van der Waals surface area contributed by atoms with Gasteiger partial charge in [-0.1, -0.05) is 18.2 Å². The highest BCUT2D eigenvalue weighted by Crippen LogP contribution is 2.27. The Hall–Kier alpha value is -1.03. The number of likely N-dealkylation sites (tertiary alicyclic amines) is 1. The van der Waals surface area contributed by atoms with Crippen molar-refractivity contribution in [3.8, 4) is 0 Å². The highest BCUT2D eigenvalue weighted by Gasteiger charge is 2.28. The number of para-hydroxylation sites is 1. The van der Waals surface area contributed by atoms with Gasteiger partial charge in [0.1, 0.15) is 5.58 Å². The Morgan fingerprint density at radius 3 is 2.89 bits per heavy atom. The number of nitrogens with zero attached hydrogens (tertiary/aromatic N) is 1. The smallest absolute Gasteiger partial charge is 0.134 e. The molecule has 1 aliphatic heterocycles. The van der Waals surface area contributed by atoms with Crippen LogP contribution in [-0.4, -0.2) is 24.0 Å². The molecule has 2 heterocycles. The van der Waals surface area contributed by atoms with Crippen LogP contribution in [0.25, 0.3) is 11.0 Å². The standard InChI is InChI=1S/C15H20N2O.ClH/c1-11-6-12(7-16)8-17(11)9-13-10-18-15-5-3-2-4-14(13)15;/h2-5,10-12H,6-9,16H2,1H3;1H. The number of hydrogen-bond donors (Lipinski definition) is 1. The lowest BCUT2D eigenvalue weighted by Gasteiger charge is -2.20. The van der Waals surface area contributed by atoms with Crippen LogP contribution in [0.2, 0.25) is 0 Å². The average Bonchev–Trinajstić information content (AvgIpc) is 2.95. The van der Waals surface area contributed by atoms with Crippen LogP contribution in [0.15, 0.2) is 34.9 Å². The van der Waals surface area contributed by atoms with E-state index in [-0.39, 0.29) is 12.4 Å². The fourth-order valence-corrected chi connectivity index (χ4v) is 2.98. The molecule has 1 aliphatic rings. The summed E-state index contributed by atoms with van der Waals surface area (Å²) in [5.74, 6) is 0.651. The first-order valence-electron chi connectivity index (χ1n) is 6.67. The third-order valence-electron chi connectivity index (χ3n) is 4.06. The number of furan rings is 1. The largest absolute Gasteiger partial charge is 0.464 e. The second-order valence-corrected chi connectivity index (χ2v) is 5.37. The Morgan fingerprint density at radius 2 is 2.16 bits per heavy atom. The van der Waals surface area contributed by atoms with Gasteiger partial charge in [-0.2, -0.15) is 0 Å². The van der Waals surface area contributed by atoms with Crippen molar-refractivity contribution < 1.29 is 4.42 Å². The SMILES string of the molecule is CC1CC(CN)CN1Cc1coc2ccccc12.Cl. The third kappa shape index (κ3) is 2.78. The molecule has 19 heavy (non-hydrogen) atoms. The van der Waals surface area contributed by atoms with Crippen LogP contribution < -0.4 is 5.73 Å². The fourth-order valence-electron chi connectivity index (χ4n) is 2.98. The predicted molar refractivity (Wildman–Crippen MR) is 80.5 cm³/mol. The van der Waals surface area contributed by atoms with Crippen LogP contribution >= 0.6 is 12.4 Å². The predicted octanol–water partition coefficient (Wildman–Crippen LogP) is 3.02. The Labute approximate surface area is 120 Å². The minimum Gasteiger partial charge on any atom is -0.464 e. The molecule has 0 bridgehead atoms. The molecule has 4 heteroatoms. The lowest BCUT2D eigenvalue weighted by Crippen LogP contribution is -2.27. The molecule has 2 N–H and O–H groups in total. The molecule has 2 unspecified atom stereocenters. The lowest BCUT2D eigenvalue weighted by atomic mass is 10.1. The highest BCUT2D eigenvalue weighted by atomic mass is 35.5. The van der Waals surface area contributed by atoms with E-state index in [1.165, 1.54) is 17.4 Å². The molecular weight excluding hydrogens is 260 g/mol. The molecule has 0 amide bonds. The number of hydrogen-bond acceptors (Lipinski definition) is 3. The van der Waals surface area contributed by atoms with E-state index in [4.69, 9.17) is 10.2 Å². The van der Waals surface area contributed by atoms with Gasteiger partial charge in [-0.3, -0.25) is 4.90 Å². The number of fused-ring (bicyclic) bond motifs is 1. The summed E-state index contributed by atoms with van der Waals surface area (Å²) in [4.78, 5) is 2.51. The number of benzene rings is 1. The molecule has 3 rings (SSSR count). The molecule has 0 saturated carbocycles. The van der Waals surface area contributed by atoms with Crippen LogP contribution in [0, 0.1) is 5.92 Å². The van der Waals surface area contributed by atoms with Crippen molar-refractivity contribution in [2.24, 2.45) is 11.7 Å². The molecule has 104 valence electrons. The van der Waals surface area contributed by atoms with Crippen molar-refractivity contribution in [3.63, 3.8) is 0 Å². The van der Waals surface area contributed by atoms with Gasteiger partial charge >= 0.3 is 0 Å². The summed E-state index contributed by atoms with van der Waals surface area (Å²) in [7, 11) is 0. The van der Waals surface area contributed by atoms with Crippen LogP contribution in [0.4, 0.5) is 0 Å². The van der Waals surface area contributed by atoms with E-state index in [9.17, 15) is 0 Å². The molecular formula is C15H21ClN2O. The Balaban J connectivity index is 0.00000133. The second kappa shape index (κ2) is 5.95. The van der Waals surface area contributed by atoms with Crippen molar-refractivity contribution in [1.29, 1.82) is 0 Å². The quantitative estimate of drug-likeness (QED) is 0.940. The van der Waals surface area contributed by atoms with Gasteiger partial charge in [0.15, 0.2) is 0 Å². The third-order valence-corrected chi connectivity index (χ3v) is 4.06. The normalized spacial score (nSPS) is 23.7. The van der Waals surface area contributed by atoms with Gasteiger partial charge in [-0.15, -0.1) is 12.4 Å². The van der Waals surface area contributed by atoms with Crippen molar-refractivity contribution in [2.45, 2.75) is 25.9 Å². The summed E-state index contributed by atoms with van der Waals surface area (Å²) >= 11 is 0. The highest BCUT2D eigenvalue weighted by molar-refractivity contribution is 5.85. The van der Waals surface area contributed by atoms with Crippen molar-refractivity contribution >= 4 is 23.4 Å². The van der Waals surface area contributed by atoms with Crippen molar-refractivity contribution in [3.05, 3.63) is 36.1 Å². The van der Waals surface area contributed by atoms with Gasteiger partial charge in [0, 0.05) is 30.1 Å². The van der Waals surface area contributed by atoms with Gasteiger partial charge < -0.3 is 10.2 Å². The first-order chi connectivity index (χ1) is 8.78. The summed E-state index contributed by atoms with van der Waals surface area (Å²) < 4.78 is 5.60. The molecule has 1 aromatic carbocycles. The lowest BCUT2D eigenvalue weighted by molar-refractivity contribution is 0.256. The zero-order valence-electron chi connectivity index (χ0n) is 11.2. The number of nitrogens with two attached hydrogens (primary N) is 1.